The fourth-order valence-electron chi connectivity index (χ4n) is 2.68. The first-order valence-corrected chi connectivity index (χ1v) is 8.36. The maximum atomic E-state index is 14.5. The molecule has 0 radical (unpaired) electrons. The van der Waals surface area contributed by atoms with Crippen molar-refractivity contribution in [3.8, 4) is 11.4 Å². The van der Waals surface area contributed by atoms with Gasteiger partial charge in [-0.3, -0.25) is 4.98 Å². The number of pyridine rings is 1. The standard InChI is InChI=1S/C18H11ClFN5O3/c1-8-13-16(22-12-5-6-21-7-10(12)18(26)27)23-15(24-17(13)28-25-8)9-3-2-4-11(19)14(9)20/h2-7H,1H3,(H,26,27)(H,21,22,23,24). The molecule has 3 heterocycles. The molecule has 0 fully saturated rings. The molecule has 0 amide bonds. The number of halogens is 2. The molecule has 4 aromatic rings. The summed E-state index contributed by atoms with van der Waals surface area (Å²) in [4.78, 5) is 23.9. The Hall–Kier alpha value is -3.59. The molecule has 0 aliphatic rings. The number of carboxylic acid groups (broad SMARTS) is 1. The first-order chi connectivity index (χ1) is 13.5. The largest absolute Gasteiger partial charge is 0.478 e. The zero-order valence-corrected chi connectivity index (χ0v) is 15.0. The second-order valence-corrected chi connectivity index (χ2v) is 6.20. The van der Waals surface area contributed by atoms with E-state index in [2.05, 4.69) is 25.4 Å². The Balaban J connectivity index is 1.92. The number of rotatable bonds is 4. The number of hydrogen-bond donors (Lipinski definition) is 2. The first kappa shape index (κ1) is 17.8. The van der Waals surface area contributed by atoms with Gasteiger partial charge in [-0.2, -0.15) is 4.98 Å². The summed E-state index contributed by atoms with van der Waals surface area (Å²) in [5.41, 5.74) is 0.871. The van der Waals surface area contributed by atoms with Crippen LogP contribution in [0.3, 0.4) is 0 Å². The van der Waals surface area contributed by atoms with E-state index in [1.54, 1.807) is 13.0 Å². The van der Waals surface area contributed by atoms with E-state index in [-0.39, 0.29) is 39.2 Å². The summed E-state index contributed by atoms with van der Waals surface area (Å²) >= 11 is 5.86. The van der Waals surface area contributed by atoms with Crippen molar-refractivity contribution in [1.82, 2.24) is 20.1 Å². The maximum absolute atomic E-state index is 14.5. The van der Waals surface area contributed by atoms with Crippen LogP contribution in [0.2, 0.25) is 5.02 Å². The Morgan fingerprint density at radius 3 is 2.89 bits per heavy atom. The molecule has 1 aromatic carbocycles. The molecule has 0 saturated heterocycles. The van der Waals surface area contributed by atoms with Gasteiger partial charge < -0.3 is 14.9 Å². The molecule has 0 spiro atoms. The van der Waals surface area contributed by atoms with Gasteiger partial charge in [0.05, 0.1) is 22.0 Å². The van der Waals surface area contributed by atoms with Crippen LogP contribution in [-0.2, 0) is 0 Å². The summed E-state index contributed by atoms with van der Waals surface area (Å²) in [6.45, 7) is 1.69. The summed E-state index contributed by atoms with van der Waals surface area (Å²) in [6, 6.07) is 5.94. The van der Waals surface area contributed by atoms with Crippen molar-refractivity contribution in [2.45, 2.75) is 6.92 Å². The van der Waals surface area contributed by atoms with E-state index in [0.717, 1.165) is 0 Å². The molecule has 0 aliphatic heterocycles. The SMILES string of the molecule is Cc1noc2nc(-c3cccc(Cl)c3F)nc(Nc3ccncc3C(=O)O)c12. The van der Waals surface area contributed by atoms with Crippen LogP contribution < -0.4 is 5.32 Å². The van der Waals surface area contributed by atoms with E-state index in [4.69, 9.17) is 16.1 Å². The highest BCUT2D eigenvalue weighted by molar-refractivity contribution is 6.31. The number of nitrogens with zero attached hydrogens (tertiary/aromatic N) is 4. The molecule has 0 atom stereocenters. The van der Waals surface area contributed by atoms with E-state index in [9.17, 15) is 14.3 Å². The van der Waals surface area contributed by atoms with Crippen LogP contribution in [0.15, 0.2) is 41.2 Å². The number of hydrogen-bond acceptors (Lipinski definition) is 7. The Bertz CT molecular complexity index is 1230. The fraction of sp³-hybridized carbons (Fsp3) is 0.0556. The molecular weight excluding hydrogens is 389 g/mol. The van der Waals surface area contributed by atoms with Crippen molar-refractivity contribution >= 4 is 40.2 Å². The van der Waals surface area contributed by atoms with Crippen LogP contribution in [0.5, 0.6) is 0 Å². The van der Waals surface area contributed by atoms with Crippen molar-refractivity contribution < 1.29 is 18.8 Å². The Labute approximate surface area is 162 Å². The Morgan fingerprint density at radius 2 is 2.11 bits per heavy atom. The molecule has 10 heteroatoms. The molecule has 8 nitrogen and oxygen atoms in total. The van der Waals surface area contributed by atoms with Crippen LogP contribution in [0.25, 0.3) is 22.5 Å². The number of aromatic nitrogens is 4. The van der Waals surface area contributed by atoms with Gasteiger partial charge in [0, 0.05) is 12.4 Å². The van der Waals surface area contributed by atoms with Crippen LogP contribution >= 0.6 is 11.6 Å². The van der Waals surface area contributed by atoms with Crippen LogP contribution in [0.1, 0.15) is 16.1 Å². The lowest BCUT2D eigenvalue weighted by Crippen LogP contribution is -2.05. The number of carboxylic acids is 1. The molecule has 0 unspecified atom stereocenters. The minimum atomic E-state index is -1.16. The van der Waals surface area contributed by atoms with E-state index in [1.165, 1.54) is 30.6 Å². The maximum Gasteiger partial charge on any atom is 0.339 e. The molecular formula is C18H11ClFN5O3. The molecule has 28 heavy (non-hydrogen) atoms. The molecule has 0 bridgehead atoms. The van der Waals surface area contributed by atoms with Gasteiger partial charge in [0.1, 0.15) is 16.8 Å². The highest BCUT2D eigenvalue weighted by atomic mass is 35.5. The zero-order valence-electron chi connectivity index (χ0n) is 14.3. The first-order valence-electron chi connectivity index (χ1n) is 7.98. The number of anilines is 2. The molecule has 140 valence electrons. The number of nitrogens with one attached hydrogen (secondary N) is 1. The lowest BCUT2D eigenvalue weighted by Gasteiger charge is -2.11. The van der Waals surface area contributed by atoms with Crippen LogP contribution in [0.4, 0.5) is 15.9 Å². The third-order valence-corrected chi connectivity index (χ3v) is 4.30. The predicted octanol–water partition coefficient (Wildman–Crippen LogP) is 4.22. The topological polar surface area (TPSA) is 114 Å². The summed E-state index contributed by atoms with van der Waals surface area (Å²) in [5.74, 6) is -1.62. The van der Waals surface area contributed by atoms with E-state index in [1.807, 2.05) is 0 Å². The minimum Gasteiger partial charge on any atom is -0.478 e. The van der Waals surface area contributed by atoms with Crippen LogP contribution in [0, 0.1) is 12.7 Å². The molecule has 3 aromatic heterocycles. The summed E-state index contributed by atoms with van der Waals surface area (Å²) in [6.07, 6.45) is 2.65. The summed E-state index contributed by atoms with van der Waals surface area (Å²) in [7, 11) is 0. The summed E-state index contributed by atoms with van der Waals surface area (Å²) in [5, 5.41) is 16.5. The van der Waals surface area contributed by atoms with Gasteiger partial charge >= 0.3 is 5.97 Å². The van der Waals surface area contributed by atoms with Crippen molar-refractivity contribution in [2.24, 2.45) is 0 Å². The highest BCUT2D eigenvalue weighted by Gasteiger charge is 2.20. The Morgan fingerprint density at radius 1 is 1.29 bits per heavy atom. The summed E-state index contributed by atoms with van der Waals surface area (Å²) < 4.78 is 19.7. The van der Waals surface area contributed by atoms with Crippen molar-refractivity contribution in [3.05, 3.63) is 58.8 Å². The number of fused-ring (bicyclic) bond motifs is 1. The third-order valence-electron chi connectivity index (χ3n) is 4.00. The van der Waals surface area contributed by atoms with Crippen LogP contribution in [-0.4, -0.2) is 31.2 Å². The van der Waals surface area contributed by atoms with E-state index in [0.29, 0.717) is 11.1 Å². The fourth-order valence-corrected chi connectivity index (χ4v) is 2.85. The van der Waals surface area contributed by atoms with Gasteiger partial charge in [0.2, 0.25) is 0 Å². The predicted molar refractivity (Wildman–Crippen MR) is 99.2 cm³/mol. The highest BCUT2D eigenvalue weighted by Crippen LogP contribution is 2.32. The monoisotopic (exact) mass is 399 g/mol. The molecule has 0 aliphatic carbocycles. The average molecular weight is 400 g/mol. The van der Waals surface area contributed by atoms with E-state index < -0.39 is 11.8 Å². The van der Waals surface area contributed by atoms with Gasteiger partial charge in [-0.25, -0.2) is 14.2 Å². The van der Waals surface area contributed by atoms with Gasteiger partial charge in [0.25, 0.3) is 5.71 Å². The smallest absolute Gasteiger partial charge is 0.339 e. The van der Waals surface area contributed by atoms with Gasteiger partial charge in [-0.1, -0.05) is 22.8 Å². The number of carbonyl (C=O) groups is 1. The molecule has 2 N–H and O–H groups in total. The van der Waals surface area contributed by atoms with E-state index >= 15 is 0 Å². The average Bonchev–Trinajstić information content (AvgIpc) is 3.05. The minimum absolute atomic E-state index is 0.0112. The normalized spacial score (nSPS) is 11.0. The van der Waals surface area contributed by atoms with Crippen molar-refractivity contribution in [2.75, 3.05) is 5.32 Å². The van der Waals surface area contributed by atoms with Gasteiger partial charge in [0.15, 0.2) is 11.6 Å². The molecule has 0 saturated carbocycles. The molecule has 4 rings (SSSR count). The number of aryl methyl sites for hydroxylation is 1. The van der Waals surface area contributed by atoms with Crippen molar-refractivity contribution in [3.63, 3.8) is 0 Å². The second-order valence-electron chi connectivity index (χ2n) is 5.80. The quantitative estimate of drug-likeness (QED) is 0.524. The number of benzene rings is 1. The third kappa shape index (κ3) is 3.01. The zero-order chi connectivity index (χ0) is 19.8. The lowest BCUT2D eigenvalue weighted by molar-refractivity contribution is 0.0697. The number of aromatic carboxylic acids is 1. The van der Waals surface area contributed by atoms with Gasteiger partial charge in [-0.05, 0) is 25.1 Å². The lowest BCUT2D eigenvalue weighted by atomic mass is 10.2. The Kier molecular flexibility index (Phi) is 4.36. The van der Waals surface area contributed by atoms with Crippen molar-refractivity contribution in [1.29, 1.82) is 0 Å². The van der Waals surface area contributed by atoms with Gasteiger partial charge in [-0.15, -0.1) is 0 Å². The second kappa shape index (κ2) is 6.86.